The molecule has 8 nitrogen and oxygen atoms in total. The van der Waals surface area contributed by atoms with Gasteiger partial charge in [-0.2, -0.15) is 0 Å². The van der Waals surface area contributed by atoms with Gasteiger partial charge in [-0.15, -0.1) is 0 Å². The van der Waals surface area contributed by atoms with E-state index in [9.17, 15) is 14.4 Å². The van der Waals surface area contributed by atoms with E-state index in [1.165, 1.54) is 18.4 Å². The summed E-state index contributed by atoms with van der Waals surface area (Å²) >= 11 is 0. The van der Waals surface area contributed by atoms with Crippen molar-refractivity contribution in [1.29, 1.82) is 0 Å². The molecule has 0 atom stereocenters. The standard InChI is InChI=1S/C19H21N3O5/c23-17(16-2-1-11-27-16)22-9-7-15(8-10-22)21-19(26)20-12-13-3-5-14(6-4-13)18(24)25/h1-6,11,15H,7-10,12H2,(H,24,25)(H2,20,21,26). The van der Waals surface area contributed by atoms with Gasteiger partial charge in [0.25, 0.3) is 5.91 Å². The highest BCUT2D eigenvalue weighted by atomic mass is 16.4. The summed E-state index contributed by atoms with van der Waals surface area (Å²) < 4.78 is 5.13. The number of rotatable bonds is 5. The van der Waals surface area contributed by atoms with E-state index in [2.05, 4.69) is 10.6 Å². The quantitative estimate of drug-likeness (QED) is 0.745. The van der Waals surface area contributed by atoms with E-state index in [1.807, 2.05) is 0 Å². The molecule has 2 heterocycles. The van der Waals surface area contributed by atoms with Crippen molar-refractivity contribution in [1.82, 2.24) is 15.5 Å². The molecule has 0 unspecified atom stereocenters. The number of furan rings is 1. The Labute approximate surface area is 156 Å². The number of nitrogens with zero attached hydrogens (tertiary/aromatic N) is 1. The van der Waals surface area contributed by atoms with Gasteiger partial charge < -0.3 is 25.1 Å². The number of nitrogens with one attached hydrogen (secondary N) is 2. The molecule has 1 aromatic carbocycles. The predicted molar refractivity (Wildman–Crippen MR) is 96.4 cm³/mol. The van der Waals surface area contributed by atoms with Crippen molar-refractivity contribution in [3.8, 4) is 0 Å². The van der Waals surface area contributed by atoms with Crippen LogP contribution in [-0.2, 0) is 6.54 Å². The molecule has 1 fully saturated rings. The highest BCUT2D eigenvalue weighted by molar-refractivity contribution is 5.91. The van der Waals surface area contributed by atoms with E-state index in [-0.39, 0.29) is 23.5 Å². The van der Waals surface area contributed by atoms with Crippen molar-refractivity contribution in [3.63, 3.8) is 0 Å². The van der Waals surface area contributed by atoms with Crippen LogP contribution in [0.15, 0.2) is 47.1 Å². The Kier molecular flexibility index (Phi) is 5.75. The minimum absolute atomic E-state index is 0.0000346. The van der Waals surface area contributed by atoms with Crippen molar-refractivity contribution in [2.75, 3.05) is 13.1 Å². The molecule has 1 aliphatic heterocycles. The molecule has 3 rings (SSSR count). The summed E-state index contributed by atoms with van der Waals surface area (Å²) in [6, 6.07) is 9.38. The Morgan fingerprint density at radius 3 is 2.41 bits per heavy atom. The van der Waals surface area contributed by atoms with Gasteiger partial charge in [-0.05, 0) is 42.7 Å². The fraction of sp³-hybridized carbons (Fsp3) is 0.316. The van der Waals surface area contributed by atoms with Crippen LogP contribution in [0.3, 0.4) is 0 Å². The van der Waals surface area contributed by atoms with E-state index in [4.69, 9.17) is 9.52 Å². The van der Waals surface area contributed by atoms with E-state index >= 15 is 0 Å². The molecule has 1 aromatic heterocycles. The number of hydrogen-bond donors (Lipinski definition) is 3. The third-order valence-corrected chi connectivity index (χ3v) is 4.50. The molecule has 1 saturated heterocycles. The Bertz CT molecular complexity index is 793. The molecule has 3 amide bonds. The number of carbonyl (C=O) groups excluding carboxylic acids is 2. The summed E-state index contributed by atoms with van der Waals surface area (Å²) in [4.78, 5) is 36.8. The lowest BCUT2D eigenvalue weighted by molar-refractivity contribution is 0.0672. The van der Waals surface area contributed by atoms with Gasteiger partial charge in [0, 0.05) is 25.7 Å². The molecule has 0 spiro atoms. The van der Waals surface area contributed by atoms with Gasteiger partial charge >= 0.3 is 12.0 Å². The molecule has 0 aliphatic carbocycles. The van der Waals surface area contributed by atoms with E-state index < -0.39 is 5.97 Å². The Hall–Kier alpha value is -3.29. The zero-order valence-corrected chi connectivity index (χ0v) is 14.7. The monoisotopic (exact) mass is 371 g/mol. The molecule has 27 heavy (non-hydrogen) atoms. The number of aromatic carboxylic acids is 1. The zero-order chi connectivity index (χ0) is 19.2. The summed E-state index contributed by atoms with van der Waals surface area (Å²) in [5.74, 6) is -0.787. The van der Waals surface area contributed by atoms with Gasteiger partial charge in [-0.3, -0.25) is 4.79 Å². The molecule has 3 N–H and O–H groups in total. The van der Waals surface area contributed by atoms with Crippen LogP contribution >= 0.6 is 0 Å². The molecule has 142 valence electrons. The van der Waals surface area contributed by atoms with Crippen molar-refractivity contribution in [3.05, 3.63) is 59.5 Å². The first-order valence-electron chi connectivity index (χ1n) is 8.72. The van der Waals surface area contributed by atoms with Gasteiger partial charge in [0.2, 0.25) is 0 Å². The van der Waals surface area contributed by atoms with Crippen molar-refractivity contribution < 1.29 is 23.9 Å². The Morgan fingerprint density at radius 1 is 1.11 bits per heavy atom. The smallest absolute Gasteiger partial charge is 0.335 e. The Balaban J connectivity index is 1.40. The van der Waals surface area contributed by atoms with Gasteiger partial charge in [-0.1, -0.05) is 12.1 Å². The maximum Gasteiger partial charge on any atom is 0.335 e. The first-order valence-corrected chi connectivity index (χ1v) is 8.72. The topological polar surface area (TPSA) is 112 Å². The van der Waals surface area contributed by atoms with Crippen LogP contribution in [-0.4, -0.2) is 47.0 Å². The van der Waals surface area contributed by atoms with Crippen molar-refractivity contribution >= 4 is 17.9 Å². The molecule has 2 aromatic rings. The van der Waals surface area contributed by atoms with Crippen LogP contribution in [0.25, 0.3) is 0 Å². The van der Waals surface area contributed by atoms with Crippen LogP contribution in [0.1, 0.15) is 39.3 Å². The summed E-state index contributed by atoms with van der Waals surface area (Å²) in [6.07, 6.45) is 2.82. The van der Waals surface area contributed by atoms with E-state index in [0.717, 1.165) is 5.56 Å². The number of urea groups is 1. The van der Waals surface area contributed by atoms with E-state index in [0.29, 0.717) is 38.2 Å². The number of hydrogen-bond acceptors (Lipinski definition) is 4. The maximum absolute atomic E-state index is 12.2. The average molecular weight is 371 g/mol. The van der Waals surface area contributed by atoms with Crippen molar-refractivity contribution in [2.45, 2.75) is 25.4 Å². The lowest BCUT2D eigenvalue weighted by atomic mass is 10.0. The molecule has 0 bridgehead atoms. The van der Waals surface area contributed by atoms with E-state index in [1.54, 1.807) is 29.2 Å². The predicted octanol–water partition coefficient (Wildman–Crippen LogP) is 2.08. The summed E-state index contributed by atoms with van der Waals surface area (Å²) in [7, 11) is 0. The molecular weight excluding hydrogens is 350 g/mol. The van der Waals surface area contributed by atoms with Gasteiger partial charge in [0.15, 0.2) is 5.76 Å². The molecule has 1 aliphatic rings. The first kappa shape index (κ1) is 18.5. The molecular formula is C19H21N3O5. The van der Waals surface area contributed by atoms with Crippen LogP contribution < -0.4 is 10.6 Å². The number of piperidine rings is 1. The number of carboxylic acid groups (broad SMARTS) is 1. The fourth-order valence-electron chi connectivity index (χ4n) is 2.97. The highest BCUT2D eigenvalue weighted by Crippen LogP contribution is 2.14. The number of carbonyl (C=O) groups is 3. The highest BCUT2D eigenvalue weighted by Gasteiger charge is 2.25. The second-order valence-electron chi connectivity index (χ2n) is 6.37. The second kappa shape index (κ2) is 8.39. The van der Waals surface area contributed by atoms with Crippen molar-refractivity contribution in [2.24, 2.45) is 0 Å². The van der Waals surface area contributed by atoms with Gasteiger partial charge in [0.05, 0.1) is 11.8 Å². The number of amides is 3. The Morgan fingerprint density at radius 2 is 1.81 bits per heavy atom. The van der Waals surface area contributed by atoms with Gasteiger partial charge in [0.1, 0.15) is 0 Å². The first-order chi connectivity index (χ1) is 13.0. The largest absolute Gasteiger partial charge is 0.478 e. The summed E-state index contributed by atoms with van der Waals surface area (Å²) in [5, 5.41) is 14.5. The summed E-state index contributed by atoms with van der Waals surface area (Å²) in [5.41, 5.74) is 1.02. The second-order valence-corrected chi connectivity index (χ2v) is 6.37. The zero-order valence-electron chi connectivity index (χ0n) is 14.7. The molecule has 0 saturated carbocycles. The van der Waals surface area contributed by atoms with Crippen LogP contribution in [0.4, 0.5) is 4.79 Å². The maximum atomic E-state index is 12.2. The normalized spacial score (nSPS) is 14.6. The SMILES string of the molecule is O=C(NCc1ccc(C(=O)O)cc1)NC1CCN(C(=O)c2ccco2)CC1. The van der Waals surface area contributed by atoms with Gasteiger partial charge in [-0.25, -0.2) is 9.59 Å². The fourth-order valence-corrected chi connectivity index (χ4v) is 2.97. The minimum Gasteiger partial charge on any atom is -0.478 e. The third kappa shape index (κ3) is 4.87. The minimum atomic E-state index is -0.982. The number of likely N-dealkylation sites (tertiary alicyclic amines) is 1. The van der Waals surface area contributed by atoms with Crippen LogP contribution in [0, 0.1) is 0 Å². The lowest BCUT2D eigenvalue weighted by Gasteiger charge is -2.31. The third-order valence-electron chi connectivity index (χ3n) is 4.50. The molecule has 8 heteroatoms. The van der Waals surface area contributed by atoms with Crippen LogP contribution in [0.2, 0.25) is 0 Å². The number of carboxylic acids is 1. The molecule has 0 radical (unpaired) electrons. The average Bonchev–Trinajstić information content (AvgIpc) is 3.21. The number of benzene rings is 1. The summed E-state index contributed by atoms with van der Waals surface area (Å²) in [6.45, 7) is 1.42. The lowest BCUT2D eigenvalue weighted by Crippen LogP contribution is -2.49. The van der Waals surface area contributed by atoms with Crippen LogP contribution in [0.5, 0.6) is 0 Å².